The summed E-state index contributed by atoms with van der Waals surface area (Å²) in [6.45, 7) is 2.19. The summed E-state index contributed by atoms with van der Waals surface area (Å²) < 4.78 is 2.94. The maximum absolute atomic E-state index is 9.00. The van der Waals surface area contributed by atoms with E-state index in [0.29, 0.717) is 6.42 Å². The van der Waals surface area contributed by atoms with Crippen molar-refractivity contribution in [2.75, 3.05) is 6.61 Å². The first-order valence-electron chi connectivity index (χ1n) is 5.53. The third kappa shape index (κ3) is 2.28. The predicted octanol–water partition coefficient (Wildman–Crippen LogP) is 2.69. The molecule has 3 nitrogen and oxygen atoms in total. The highest BCUT2D eigenvalue weighted by Gasteiger charge is 2.14. The Kier molecular flexibility index (Phi) is 3.64. The van der Waals surface area contributed by atoms with E-state index in [9.17, 15) is 0 Å². The molecule has 0 radical (unpaired) electrons. The lowest BCUT2D eigenvalue weighted by Gasteiger charge is -2.05. The number of hydrogen-bond donors (Lipinski definition) is 1. The molecule has 1 N–H and O–H groups in total. The van der Waals surface area contributed by atoms with E-state index >= 15 is 0 Å². The first-order valence-corrected chi connectivity index (χ1v) is 6.32. The van der Waals surface area contributed by atoms with Crippen LogP contribution in [0.3, 0.4) is 0 Å². The number of aryl methyl sites for hydroxylation is 1. The van der Waals surface area contributed by atoms with Crippen molar-refractivity contribution in [3.8, 4) is 11.4 Å². The molecule has 1 aromatic carbocycles. The van der Waals surface area contributed by atoms with Crippen LogP contribution in [0.1, 0.15) is 11.3 Å². The third-order valence-corrected chi connectivity index (χ3v) is 3.82. The Bertz CT molecular complexity index is 534. The molecule has 2 aromatic rings. The van der Waals surface area contributed by atoms with Crippen molar-refractivity contribution >= 4 is 15.9 Å². The molecule has 0 spiro atoms. The number of hydrogen-bond acceptors (Lipinski definition) is 2. The quantitative estimate of drug-likeness (QED) is 0.945. The molecular weight excluding hydrogens is 280 g/mol. The van der Waals surface area contributed by atoms with Gasteiger partial charge in [-0.1, -0.05) is 24.3 Å². The fourth-order valence-corrected chi connectivity index (χ4v) is 2.32. The number of imidazole rings is 1. The van der Waals surface area contributed by atoms with Crippen LogP contribution in [0.25, 0.3) is 11.4 Å². The Morgan fingerprint density at radius 2 is 2.06 bits per heavy atom. The largest absolute Gasteiger partial charge is 0.396 e. The van der Waals surface area contributed by atoms with E-state index in [0.717, 1.165) is 21.7 Å². The SMILES string of the molecule is Cc1ccccc1-c1nc(CCO)c(Br)n1C. The summed E-state index contributed by atoms with van der Waals surface area (Å²) in [5.74, 6) is 0.929. The van der Waals surface area contributed by atoms with Crippen molar-refractivity contribution in [2.45, 2.75) is 13.3 Å². The van der Waals surface area contributed by atoms with Crippen molar-refractivity contribution < 1.29 is 5.11 Å². The molecule has 17 heavy (non-hydrogen) atoms. The Morgan fingerprint density at radius 1 is 1.35 bits per heavy atom. The highest BCUT2D eigenvalue weighted by molar-refractivity contribution is 9.10. The Labute approximate surface area is 109 Å². The summed E-state index contributed by atoms with van der Waals surface area (Å²) >= 11 is 3.51. The second-order valence-electron chi connectivity index (χ2n) is 4.02. The van der Waals surface area contributed by atoms with Gasteiger partial charge in [-0.2, -0.15) is 0 Å². The summed E-state index contributed by atoms with van der Waals surface area (Å²) in [7, 11) is 1.97. The molecule has 1 aromatic heterocycles. The van der Waals surface area contributed by atoms with E-state index in [4.69, 9.17) is 5.11 Å². The van der Waals surface area contributed by atoms with Crippen LogP contribution in [0.15, 0.2) is 28.9 Å². The van der Waals surface area contributed by atoms with Gasteiger partial charge in [-0.05, 0) is 28.4 Å². The lowest BCUT2D eigenvalue weighted by Crippen LogP contribution is -1.94. The van der Waals surface area contributed by atoms with Crippen LogP contribution in [0, 0.1) is 6.92 Å². The van der Waals surface area contributed by atoms with Crippen LogP contribution in [0.4, 0.5) is 0 Å². The van der Waals surface area contributed by atoms with Crippen LogP contribution < -0.4 is 0 Å². The first kappa shape index (κ1) is 12.3. The fourth-order valence-electron chi connectivity index (χ4n) is 1.87. The van der Waals surface area contributed by atoms with Gasteiger partial charge in [0.05, 0.1) is 5.69 Å². The van der Waals surface area contributed by atoms with Gasteiger partial charge in [-0.25, -0.2) is 4.98 Å². The van der Waals surface area contributed by atoms with Gasteiger partial charge in [0.15, 0.2) is 0 Å². The second kappa shape index (κ2) is 5.02. The van der Waals surface area contributed by atoms with Crippen molar-refractivity contribution in [1.82, 2.24) is 9.55 Å². The van der Waals surface area contributed by atoms with Gasteiger partial charge in [0, 0.05) is 25.6 Å². The minimum atomic E-state index is 0.114. The lowest BCUT2D eigenvalue weighted by molar-refractivity contribution is 0.298. The molecule has 0 aliphatic heterocycles. The maximum Gasteiger partial charge on any atom is 0.141 e. The van der Waals surface area contributed by atoms with E-state index in [1.807, 2.05) is 23.7 Å². The monoisotopic (exact) mass is 294 g/mol. The highest BCUT2D eigenvalue weighted by Crippen LogP contribution is 2.27. The molecule has 0 amide bonds. The van der Waals surface area contributed by atoms with Crippen LogP contribution in [0.2, 0.25) is 0 Å². The summed E-state index contributed by atoms with van der Waals surface area (Å²) in [5, 5.41) is 9.00. The summed E-state index contributed by atoms with van der Waals surface area (Å²) in [6, 6.07) is 8.17. The molecular formula is C13H15BrN2O. The minimum absolute atomic E-state index is 0.114. The molecule has 0 bridgehead atoms. The Hall–Kier alpha value is -1.13. The summed E-state index contributed by atoms with van der Waals surface area (Å²) in [5.41, 5.74) is 3.22. The highest BCUT2D eigenvalue weighted by atomic mass is 79.9. The number of nitrogens with zero attached hydrogens (tertiary/aromatic N) is 2. The maximum atomic E-state index is 9.00. The lowest BCUT2D eigenvalue weighted by atomic mass is 10.1. The average molecular weight is 295 g/mol. The molecule has 0 fully saturated rings. The zero-order valence-corrected chi connectivity index (χ0v) is 11.5. The van der Waals surface area contributed by atoms with Crippen molar-refractivity contribution in [2.24, 2.45) is 7.05 Å². The van der Waals surface area contributed by atoms with Crippen LogP contribution in [-0.2, 0) is 13.5 Å². The van der Waals surface area contributed by atoms with Gasteiger partial charge in [-0.15, -0.1) is 0 Å². The van der Waals surface area contributed by atoms with Crippen molar-refractivity contribution in [3.05, 3.63) is 40.1 Å². The van der Waals surface area contributed by atoms with Gasteiger partial charge in [0.1, 0.15) is 10.4 Å². The topological polar surface area (TPSA) is 38.1 Å². The molecule has 1 heterocycles. The molecule has 0 saturated carbocycles. The predicted molar refractivity (Wildman–Crippen MR) is 71.9 cm³/mol. The Balaban J connectivity index is 2.53. The van der Waals surface area contributed by atoms with Gasteiger partial charge in [0.2, 0.25) is 0 Å². The summed E-state index contributed by atoms with van der Waals surface area (Å²) in [6.07, 6.45) is 0.570. The number of aromatic nitrogens is 2. The fraction of sp³-hybridized carbons (Fsp3) is 0.308. The summed E-state index contributed by atoms with van der Waals surface area (Å²) in [4.78, 5) is 4.59. The van der Waals surface area contributed by atoms with Crippen molar-refractivity contribution in [1.29, 1.82) is 0 Å². The number of aliphatic hydroxyl groups is 1. The standard InChI is InChI=1S/C13H15BrN2O/c1-9-5-3-4-6-10(9)13-15-11(7-8-17)12(14)16(13)2/h3-6,17H,7-8H2,1-2H3. The average Bonchev–Trinajstić information content (AvgIpc) is 2.59. The van der Waals surface area contributed by atoms with E-state index in [1.165, 1.54) is 5.56 Å². The van der Waals surface area contributed by atoms with E-state index < -0.39 is 0 Å². The Morgan fingerprint density at radius 3 is 2.71 bits per heavy atom. The number of halogens is 1. The molecule has 0 aliphatic rings. The third-order valence-electron chi connectivity index (χ3n) is 2.83. The molecule has 0 atom stereocenters. The van der Waals surface area contributed by atoms with Crippen LogP contribution >= 0.6 is 15.9 Å². The second-order valence-corrected chi connectivity index (χ2v) is 4.77. The van der Waals surface area contributed by atoms with Gasteiger partial charge in [-0.3, -0.25) is 0 Å². The first-order chi connectivity index (χ1) is 8.15. The smallest absolute Gasteiger partial charge is 0.141 e. The van der Waals surface area contributed by atoms with Crippen molar-refractivity contribution in [3.63, 3.8) is 0 Å². The zero-order valence-electron chi connectivity index (χ0n) is 9.94. The van der Waals surface area contributed by atoms with Crippen LogP contribution in [-0.4, -0.2) is 21.3 Å². The molecule has 0 unspecified atom stereocenters. The van der Waals surface area contributed by atoms with E-state index in [-0.39, 0.29) is 6.61 Å². The van der Waals surface area contributed by atoms with E-state index in [1.54, 1.807) is 0 Å². The van der Waals surface area contributed by atoms with Gasteiger partial charge >= 0.3 is 0 Å². The number of benzene rings is 1. The van der Waals surface area contributed by atoms with Gasteiger partial charge in [0.25, 0.3) is 0 Å². The molecule has 90 valence electrons. The number of rotatable bonds is 3. The molecule has 4 heteroatoms. The normalized spacial score (nSPS) is 10.8. The van der Waals surface area contributed by atoms with Gasteiger partial charge < -0.3 is 9.67 Å². The van der Waals surface area contributed by atoms with E-state index in [2.05, 4.69) is 40.0 Å². The molecule has 2 rings (SSSR count). The molecule has 0 aliphatic carbocycles. The minimum Gasteiger partial charge on any atom is -0.396 e. The number of aliphatic hydroxyl groups excluding tert-OH is 1. The zero-order chi connectivity index (χ0) is 12.4. The molecule has 0 saturated heterocycles. The van der Waals surface area contributed by atoms with Crippen LogP contribution in [0.5, 0.6) is 0 Å².